The summed E-state index contributed by atoms with van der Waals surface area (Å²) in [7, 11) is 1.41. The second-order valence-corrected chi connectivity index (χ2v) is 3.22. The summed E-state index contributed by atoms with van der Waals surface area (Å²) in [6, 6.07) is 3.78. The highest BCUT2D eigenvalue weighted by atomic mass is 19.1. The molecule has 0 atom stereocenters. The van der Waals surface area contributed by atoms with Gasteiger partial charge in [-0.25, -0.2) is 4.39 Å². The normalized spacial score (nSPS) is 14.8. The van der Waals surface area contributed by atoms with Crippen LogP contribution in [-0.4, -0.2) is 18.9 Å². The van der Waals surface area contributed by atoms with Gasteiger partial charge in [-0.15, -0.1) is 0 Å². The van der Waals surface area contributed by atoms with E-state index in [0.29, 0.717) is 5.75 Å². The molecule has 2 rings (SSSR count). The third kappa shape index (κ3) is 1.67. The molecule has 0 spiro atoms. The van der Waals surface area contributed by atoms with Crippen LogP contribution in [0.2, 0.25) is 0 Å². The molecule has 5 heteroatoms. The van der Waals surface area contributed by atoms with Gasteiger partial charge in [-0.1, -0.05) is 0 Å². The van der Waals surface area contributed by atoms with Gasteiger partial charge in [0.2, 0.25) is 0 Å². The molecule has 0 unspecified atom stereocenters. The zero-order valence-electron chi connectivity index (χ0n) is 8.41. The lowest BCUT2D eigenvalue weighted by molar-refractivity contribution is -0.123. The summed E-state index contributed by atoms with van der Waals surface area (Å²) in [5, 5.41) is 2.09. The lowest BCUT2D eigenvalue weighted by Gasteiger charge is -2.07. The van der Waals surface area contributed by atoms with Gasteiger partial charge < -0.3 is 4.74 Å². The maximum atomic E-state index is 13.1. The van der Waals surface area contributed by atoms with Crippen LogP contribution in [0, 0.1) is 5.82 Å². The predicted molar refractivity (Wildman–Crippen MR) is 54.1 cm³/mol. The smallest absolute Gasteiger partial charge is 0.259 e. The van der Waals surface area contributed by atoms with Crippen LogP contribution in [0.3, 0.4) is 0 Å². The van der Waals surface area contributed by atoms with Crippen molar-refractivity contribution in [2.45, 2.75) is 0 Å². The van der Waals surface area contributed by atoms with Gasteiger partial charge >= 0.3 is 0 Å². The molecule has 0 aromatic heterocycles. The van der Waals surface area contributed by atoms with Crippen LogP contribution in [0.4, 0.5) is 4.39 Å². The Labute approximate surface area is 90.7 Å². The highest BCUT2D eigenvalue weighted by Crippen LogP contribution is 2.28. The van der Waals surface area contributed by atoms with Crippen LogP contribution in [0.25, 0.3) is 5.57 Å². The minimum Gasteiger partial charge on any atom is -0.496 e. The minimum absolute atomic E-state index is 0.112. The topological polar surface area (TPSA) is 55.4 Å². The van der Waals surface area contributed by atoms with Crippen molar-refractivity contribution in [1.29, 1.82) is 0 Å². The number of benzene rings is 1. The molecule has 1 aliphatic rings. The average molecular weight is 221 g/mol. The van der Waals surface area contributed by atoms with Crippen LogP contribution < -0.4 is 10.1 Å². The quantitative estimate of drug-likeness (QED) is 0.754. The second-order valence-electron chi connectivity index (χ2n) is 3.22. The number of imide groups is 1. The number of carbonyl (C=O) groups excluding carboxylic acids is 2. The standard InChI is InChI=1S/C11H8FNO3/c1-16-9-3-2-6(12)4-7(9)8-5-10(14)13-11(8)15/h2-5H,1H3,(H,13,14,15). The van der Waals surface area contributed by atoms with E-state index >= 15 is 0 Å². The fourth-order valence-corrected chi connectivity index (χ4v) is 1.50. The Morgan fingerprint density at radius 3 is 2.62 bits per heavy atom. The van der Waals surface area contributed by atoms with E-state index in [4.69, 9.17) is 4.74 Å². The molecule has 1 heterocycles. The Balaban J connectivity index is 2.55. The zero-order chi connectivity index (χ0) is 11.7. The Kier molecular flexibility index (Phi) is 2.44. The van der Waals surface area contributed by atoms with Crippen molar-refractivity contribution in [2.75, 3.05) is 7.11 Å². The maximum absolute atomic E-state index is 13.1. The van der Waals surface area contributed by atoms with Gasteiger partial charge in [0, 0.05) is 11.6 Å². The monoisotopic (exact) mass is 221 g/mol. The first kappa shape index (κ1) is 10.4. The van der Waals surface area contributed by atoms with Gasteiger partial charge in [-0.05, 0) is 18.2 Å². The van der Waals surface area contributed by atoms with Crippen molar-refractivity contribution in [1.82, 2.24) is 5.32 Å². The van der Waals surface area contributed by atoms with Gasteiger partial charge in [0.15, 0.2) is 0 Å². The van der Waals surface area contributed by atoms with E-state index in [1.165, 1.54) is 19.2 Å². The predicted octanol–water partition coefficient (Wildman–Crippen LogP) is 0.874. The van der Waals surface area contributed by atoms with E-state index in [1.54, 1.807) is 0 Å². The first-order chi connectivity index (χ1) is 7.61. The second kappa shape index (κ2) is 3.77. The summed E-state index contributed by atoms with van der Waals surface area (Å²) < 4.78 is 18.1. The van der Waals surface area contributed by atoms with E-state index < -0.39 is 17.6 Å². The Morgan fingerprint density at radius 2 is 2.06 bits per heavy atom. The van der Waals surface area contributed by atoms with Crippen molar-refractivity contribution >= 4 is 17.4 Å². The molecule has 0 saturated carbocycles. The lowest BCUT2D eigenvalue weighted by Crippen LogP contribution is -2.21. The first-order valence-electron chi connectivity index (χ1n) is 4.52. The molecule has 16 heavy (non-hydrogen) atoms. The molecule has 1 aromatic rings. The van der Waals surface area contributed by atoms with Crippen LogP contribution in [0.15, 0.2) is 24.3 Å². The van der Waals surface area contributed by atoms with Crippen molar-refractivity contribution in [3.8, 4) is 5.75 Å². The molecule has 0 aliphatic carbocycles. The number of amides is 2. The third-order valence-electron chi connectivity index (χ3n) is 2.21. The summed E-state index contributed by atoms with van der Waals surface area (Å²) in [4.78, 5) is 22.4. The highest BCUT2D eigenvalue weighted by Gasteiger charge is 2.24. The van der Waals surface area contributed by atoms with E-state index in [9.17, 15) is 14.0 Å². The van der Waals surface area contributed by atoms with Crippen molar-refractivity contribution < 1.29 is 18.7 Å². The van der Waals surface area contributed by atoms with Crippen LogP contribution in [0.5, 0.6) is 5.75 Å². The number of halogens is 1. The number of nitrogens with one attached hydrogen (secondary N) is 1. The zero-order valence-corrected chi connectivity index (χ0v) is 8.41. The van der Waals surface area contributed by atoms with Crippen LogP contribution in [0.1, 0.15) is 5.56 Å². The number of methoxy groups -OCH3 is 1. The molecular weight excluding hydrogens is 213 g/mol. The molecule has 1 aliphatic heterocycles. The van der Waals surface area contributed by atoms with Crippen molar-refractivity contribution in [3.05, 3.63) is 35.7 Å². The average Bonchev–Trinajstić information content (AvgIpc) is 2.57. The van der Waals surface area contributed by atoms with Crippen LogP contribution in [-0.2, 0) is 9.59 Å². The molecule has 4 nitrogen and oxygen atoms in total. The molecule has 82 valence electrons. The molecule has 2 amide bonds. The summed E-state index contributed by atoms with van der Waals surface area (Å²) in [6.07, 6.45) is 1.12. The summed E-state index contributed by atoms with van der Waals surface area (Å²) >= 11 is 0. The highest BCUT2D eigenvalue weighted by molar-refractivity contribution is 6.33. The number of hydrogen-bond donors (Lipinski definition) is 1. The molecule has 0 bridgehead atoms. The summed E-state index contributed by atoms with van der Waals surface area (Å²) in [6.45, 7) is 0. The van der Waals surface area contributed by atoms with Crippen molar-refractivity contribution in [2.24, 2.45) is 0 Å². The lowest BCUT2D eigenvalue weighted by atomic mass is 10.1. The number of carbonyl (C=O) groups is 2. The number of hydrogen-bond acceptors (Lipinski definition) is 3. The Bertz CT molecular complexity index is 508. The molecule has 0 fully saturated rings. The molecule has 0 saturated heterocycles. The third-order valence-corrected chi connectivity index (χ3v) is 2.21. The van der Waals surface area contributed by atoms with Gasteiger partial charge in [-0.3, -0.25) is 14.9 Å². The Hall–Kier alpha value is -2.17. The number of rotatable bonds is 2. The first-order valence-corrected chi connectivity index (χ1v) is 4.52. The van der Waals surface area contributed by atoms with E-state index in [1.807, 2.05) is 0 Å². The fourth-order valence-electron chi connectivity index (χ4n) is 1.50. The van der Waals surface area contributed by atoms with E-state index in [0.717, 1.165) is 12.1 Å². The largest absolute Gasteiger partial charge is 0.496 e. The Morgan fingerprint density at radius 1 is 1.31 bits per heavy atom. The summed E-state index contributed by atoms with van der Waals surface area (Å²) in [5.74, 6) is -1.21. The van der Waals surface area contributed by atoms with E-state index in [-0.39, 0.29) is 11.1 Å². The van der Waals surface area contributed by atoms with Crippen LogP contribution >= 0.6 is 0 Å². The maximum Gasteiger partial charge on any atom is 0.259 e. The molecule has 0 radical (unpaired) electrons. The summed E-state index contributed by atoms with van der Waals surface area (Å²) in [5.41, 5.74) is 0.382. The number of ether oxygens (including phenoxy) is 1. The van der Waals surface area contributed by atoms with Gasteiger partial charge in [0.1, 0.15) is 11.6 Å². The van der Waals surface area contributed by atoms with Gasteiger partial charge in [0.05, 0.1) is 12.7 Å². The van der Waals surface area contributed by atoms with Gasteiger partial charge in [0.25, 0.3) is 11.8 Å². The van der Waals surface area contributed by atoms with Crippen molar-refractivity contribution in [3.63, 3.8) is 0 Å². The van der Waals surface area contributed by atoms with E-state index in [2.05, 4.69) is 5.32 Å². The fraction of sp³-hybridized carbons (Fsp3) is 0.0909. The minimum atomic E-state index is -0.547. The molecule has 1 aromatic carbocycles. The molecule has 1 N–H and O–H groups in total. The molecular formula is C11H8FNO3. The SMILES string of the molecule is COc1ccc(F)cc1C1=CC(=O)NC1=O. The van der Waals surface area contributed by atoms with Gasteiger partial charge in [-0.2, -0.15) is 0 Å².